The Labute approximate surface area is 186 Å². The molecule has 32 heavy (non-hydrogen) atoms. The van der Waals surface area contributed by atoms with Crippen LogP contribution in [0.2, 0.25) is 0 Å². The second-order valence-corrected chi connectivity index (χ2v) is 10.0. The number of H-pyrrole nitrogens is 1. The number of nitrogens with one attached hydrogen (secondary N) is 1. The lowest BCUT2D eigenvalue weighted by Gasteiger charge is -2.45. The van der Waals surface area contributed by atoms with E-state index in [4.69, 9.17) is 4.74 Å². The molecule has 1 aliphatic carbocycles. The van der Waals surface area contributed by atoms with Gasteiger partial charge in [-0.2, -0.15) is 18.4 Å². The fourth-order valence-electron chi connectivity index (χ4n) is 6.28. The lowest BCUT2D eigenvalue weighted by Crippen LogP contribution is -2.46. The number of halogens is 3. The highest BCUT2D eigenvalue weighted by molar-refractivity contribution is 5.86. The molecule has 7 heteroatoms. The zero-order chi connectivity index (χ0) is 22.5. The normalized spacial score (nSPS) is 28.2. The number of hydrogen-bond donors (Lipinski definition) is 1. The van der Waals surface area contributed by atoms with E-state index in [1.807, 2.05) is 0 Å². The molecule has 2 fully saturated rings. The van der Waals surface area contributed by atoms with Gasteiger partial charge in [0.15, 0.2) is 0 Å². The van der Waals surface area contributed by atoms with Gasteiger partial charge in [0.2, 0.25) is 0 Å². The molecule has 0 unspecified atom stereocenters. The summed E-state index contributed by atoms with van der Waals surface area (Å²) in [4.78, 5) is 5.90. The molecule has 0 amide bonds. The third-order valence-electron chi connectivity index (χ3n) is 8.30. The van der Waals surface area contributed by atoms with E-state index in [9.17, 15) is 18.4 Å². The van der Waals surface area contributed by atoms with Crippen LogP contribution in [-0.2, 0) is 17.3 Å². The number of rotatable bonds is 3. The average Bonchev–Trinajstić information content (AvgIpc) is 3.16. The van der Waals surface area contributed by atoms with Crippen molar-refractivity contribution in [2.75, 3.05) is 32.8 Å². The molecule has 1 aromatic heterocycles. The molecule has 0 saturated carbocycles. The Morgan fingerprint density at radius 2 is 2.06 bits per heavy atom. The predicted molar refractivity (Wildman–Crippen MR) is 116 cm³/mol. The predicted octanol–water partition coefficient (Wildman–Crippen LogP) is 5.49. The highest BCUT2D eigenvalue weighted by atomic mass is 19.4. The van der Waals surface area contributed by atoms with Gasteiger partial charge in [-0.05, 0) is 86.7 Å². The molecule has 1 N–H and O–H groups in total. The maximum atomic E-state index is 13.3. The number of piperidine rings is 1. The first kappa shape index (κ1) is 21.8. The summed E-state index contributed by atoms with van der Waals surface area (Å²) in [6, 6.07) is 6.64. The van der Waals surface area contributed by atoms with Gasteiger partial charge in [-0.3, -0.25) is 0 Å². The minimum absolute atomic E-state index is 0.205. The Morgan fingerprint density at radius 3 is 2.78 bits per heavy atom. The summed E-state index contributed by atoms with van der Waals surface area (Å²) >= 11 is 0. The number of nitriles is 1. The van der Waals surface area contributed by atoms with Crippen molar-refractivity contribution in [3.8, 4) is 6.07 Å². The van der Waals surface area contributed by atoms with E-state index in [2.05, 4.69) is 22.9 Å². The number of ether oxygens (including phenoxy) is 1. The minimum Gasteiger partial charge on any atom is -0.381 e. The molecule has 2 aromatic rings. The van der Waals surface area contributed by atoms with E-state index in [1.54, 1.807) is 6.07 Å². The van der Waals surface area contributed by atoms with Crippen molar-refractivity contribution in [1.29, 1.82) is 5.26 Å². The molecule has 3 atom stereocenters. The van der Waals surface area contributed by atoms with Gasteiger partial charge in [0.25, 0.3) is 0 Å². The lowest BCUT2D eigenvalue weighted by molar-refractivity contribution is -0.137. The molecule has 0 bridgehead atoms. The van der Waals surface area contributed by atoms with E-state index in [1.165, 1.54) is 12.1 Å². The fourth-order valence-corrected chi connectivity index (χ4v) is 6.28. The number of likely N-dealkylation sites (tertiary alicyclic amines) is 1. The summed E-state index contributed by atoms with van der Waals surface area (Å²) in [6.07, 6.45) is 0.154. The van der Waals surface area contributed by atoms with Gasteiger partial charge >= 0.3 is 6.18 Å². The van der Waals surface area contributed by atoms with Gasteiger partial charge in [-0.25, -0.2) is 0 Å². The second-order valence-electron chi connectivity index (χ2n) is 10.0. The van der Waals surface area contributed by atoms with Crippen LogP contribution in [0.5, 0.6) is 0 Å². The average molecular weight is 446 g/mol. The molecule has 2 aliphatic heterocycles. The first-order chi connectivity index (χ1) is 15.3. The molecule has 3 heterocycles. The zero-order valence-electron chi connectivity index (χ0n) is 18.5. The SMILES string of the molecule is C[C@H]1c2c([nH]c3ccc(C(F)(F)F)cc23)C[C@H]2CCN(CCC3(C#N)CCOCC3)C[C@@H]21. The van der Waals surface area contributed by atoms with E-state index >= 15 is 0 Å². The molecule has 172 valence electrons. The van der Waals surface area contributed by atoms with Crippen LogP contribution in [0.1, 0.15) is 55.3 Å². The Kier molecular flexibility index (Phi) is 5.50. The van der Waals surface area contributed by atoms with Crippen molar-refractivity contribution in [2.24, 2.45) is 17.3 Å². The topological polar surface area (TPSA) is 52.0 Å². The summed E-state index contributed by atoms with van der Waals surface area (Å²) in [6.45, 7) is 6.40. The molecule has 0 radical (unpaired) electrons. The summed E-state index contributed by atoms with van der Waals surface area (Å²) in [5, 5.41) is 10.5. The van der Waals surface area contributed by atoms with Gasteiger partial charge in [0.05, 0.1) is 17.0 Å². The third-order valence-corrected chi connectivity index (χ3v) is 8.30. The van der Waals surface area contributed by atoms with Crippen molar-refractivity contribution >= 4 is 10.9 Å². The zero-order valence-corrected chi connectivity index (χ0v) is 18.5. The summed E-state index contributed by atoms with van der Waals surface area (Å²) in [5.41, 5.74) is 2.15. The molecular weight excluding hydrogens is 415 g/mol. The number of alkyl halides is 3. The van der Waals surface area contributed by atoms with Crippen LogP contribution in [0, 0.1) is 28.6 Å². The number of hydrogen-bond acceptors (Lipinski definition) is 3. The van der Waals surface area contributed by atoms with Gasteiger partial charge in [-0.15, -0.1) is 0 Å². The molecule has 3 aliphatic rings. The van der Waals surface area contributed by atoms with Crippen molar-refractivity contribution < 1.29 is 17.9 Å². The maximum absolute atomic E-state index is 13.3. The smallest absolute Gasteiger partial charge is 0.381 e. The van der Waals surface area contributed by atoms with E-state index in [0.29, 0.717) is 25.0 Å². The van der Waals surface area contributed by atoms with Crippen molar-refractivity contribution in [2.45, 2.75) is 51.1 Å². The van der Waals surface area contributed by atoms with Crippen molar-refractivity contribution in [3.63, 3.8) is 0 Å². The highest BCUT2D eigenvalue weighted by Gasteiger charge is 2.41. The monoisotopic (exact) mass is 445 g/mol. The quantitative estimate of drug-likeness (QED) is 0.679. The molecule has 4 nitrogen and oxygen atoms in total. The summed E-state index contributed by atoms with van der Waals surface area (Å²) in [5.74, 6) is 1.19. The molecule has 5 rings (SSSR count). The van der Waals surface area contributed by atoms with Crippen LogP contribution in [0.25, 0.3) is 10.9 Å². The number of benzene rings is 1. The number of aromatic amines is 1. The summed E-state index contributed by atoms with van der Waals surface area (Å²) < 4.78 is 45.4. The third kappa shape index (κ3) is 3.82. The summed E-state index contributed by atoms with van der Waals surface area (Å²) in [7, 11) is 0. The van der Waals surface area contributed by atoms with Gasteiger partial charge in [-0.1, -0.05) is 6.92 Å². The van der Waals surface area contributed by atoms with Crippen LogP contribution in [0.3, 0.4) is 0 Å². The molecular formula is C25H30F3N3O. The van der Waals surface area contributed by atoms with Crippen LogP contribution < -0.4 is 0 Å². The Balaban J connectivity index is 1.35. The van der Waals surface area contributed by atoms with Crippen molar-refractivity contribution in [3.05, 3.63) is 35.0 Å². The molecule has 0 spiro atoms. The Morgan fingerprint density at radius 1 is 1.28 bits per heavy atom. The second kappa shape index (κ2) is 8.07. The van der Waals surface area contributed by atoms with E-state index in [0.717, 1.165) is 73.9 Å². The van der Waals surface area contributed by atoms with Crippen LogP contribution in [0.4, 0.5) is 13.2 Å². The van der Waals surface area contributed by atoms with Gasteiger partial charge in [0, 0.05) is 36.4 Å². The molecule has 2 saturated heterocycles. The van der Waals surface area contributed by atoms with Crippen LogP contribution >= 0.6 is 0 Å². The van der Waals surface area contributed by atoms with E-state index < -0.39 is 11.7 Å². The highest BCUT2D eigenvalue weighted by Crippen LogP contribution is 2.47. The first-order valence-corrected chi connectivity index (χ1v) is 11.7. The molecule has 1 aromatic carbocycles. The first-order valence-electron chi connectivity index (χ1n) is 11.7. The van der Waals surface area contributed by atoms with Gasteiger partial charge < -0.3 is 14.6 Å². The van der Waals surface area contributed by atoms with Gasteiger partial charge in [0.1, 0.15) is 0 Å². The number of fused-ring (bicyclic) bond motifs is 4. The lowest BCUT2D eigenvalue weighted by atomic mass is 9.68. The van der Waals surface area contributed by atoms with E-state index in [-0.39, 0.29) is 11.3 Å². The van der Waals surface area contributed by atoms with Crippen LogP contribution in [0.15, 0.2) is 18.2 Å². The number of nitrogens with zero attached hydrogens (tertiary/aromatic N) is 2. The number of aromatic nitrogens is 1. The Hall–Kier alpha value is -2.04. The van der Waals surface area contributed by atoms with Crippen LogP contribution in [-0.4, -0.2) is 42.7 Å². The Bertz CT molecular complexity index is 1030. The standard InChI is InChI=1S/C25H30F3N3O/c1-16-20-14-31(9-5-24(15-29)6-10-32-11-7-24)8-4-17(20)12-22-23(16)19-13-18(25(26,27)28)2-3-21(19)30-22/h2-3,13,16-17,20,30H,4-12,14H2,1H3/t16-,17-,20-/m1/s1. The maximum Gasteiger partial charge on any atom is 0.416 e. The fraction of sp³-hybridized carbons (Fsp3) is 0.640. The largest absolute Gasteiger partial charge is 0.416 e. The van der Waals surface area contributed by atoms with Crippen molar-refractivity contribution in [1.82, 2.24) is 9.88 Å². The minimum atomic E-state index is -4.33.